The fraction of sp³-hybridized carbons (Fsp3) is 0.625. The summed E-state index contributed by atoms with van der Waals surface area (Å²) in [7, 11) is 0. The Morgan fingerprint density at radius 1 is 0.833 bits per heavy atom. The van der Waals surface area contributed by atoms with Gasteiger partial charge < -0.3 is 9.47 Å². The molecule has 0 saturated heterocycles. The van der Waals surface area contributed by atoms with Gasteiger partial charge >= 0.3 is 0 Å². The van der Waals surface area contributed by atoms with Crippen LogP contribution in [0.4, 0.5) is 0 Å². The summed E-state index contributed by atoms with van der Waals surface area (Å²) in [6, 6.07) is 0. The first-order valence-corrected chi connectivity index (χ1v) is 7.14. The Morgan fingerprint density at radius 3 is 1.94 bits per heavy atom. The highest BCUT2D eigenvalue weighted by Crippen LogP contribution is 2.04. The van der Waals surface area contributed by atoms with E-state index in [0.29, 0.717) is 5.95 Å². The summed E-state index contributed by atoms with van der Waals surface area (Å²) in [5.74, 6) is 0.637. The zero-order valence-corrected chi connectivity index (χ0v) is 12.2. The third-order valence-electron chi connectivity index (χ3n) is 2.31. The van der Waals surface area contributed by atoms with Gasteiger partial charge in [-0.05, 0) is 19.3 Å². The summed E-state index contributed by atoms with van der Waals surface area (Å²) in [5.41, 5.74) is 0. The summed E-state index contributed by atoms with van der Waals surface area (Å²) in [6.45, 7) is 7.88. The van der Waals surface area contributed by atoms with Crippen LogP contribution in [-0.2, 0) is 9.47 Å². The Hall–Kier alpha value is -1.18. The molecule has 0 aromatic carbocycles. The molecule has 2 heteroatoms. The van der Waals surface area contributed by atoms with Crippen LogP contribution in [0.2, 0.25) is 0 Å². The van der Waals surface area contributed by atoms with Gasteiger partial charge in [0, 0.05) is 6.08 Å². The average Bonchev–Trinajstić information content (AvgIpc) is 2.38. The van der Waals surface area contributed by atoms with Crippen molar-refractivity contribution < 1.29 is 9.47 Å². The van der Waals surface area contributed by atoms with Gasteiger partial charge in [-0.25, -0.2) is 0 Å². The third-order valence-corrected chi connectivity index (χ3v) is 2.31. The van der Waals surface area contributed by atoms with Crippen molar-refractivity contribution in [2.45, 2.75) is 52.9 Å². The smallest absolute Gasteiger partial charge is 0.279 e. The minimum atomic E-state index is 0.637. The van der Waals surface area contributed by atoms with Gasteiger partial charge in [0.2, 0.25) is 0 Å². The molecule has 0 heterocycles. The molecule has 0 aromatic rings. The van der Waals surface area contributed by atoms with Gasteiger partial charge in [0.25, 0.3) is 5.95 Å². The maximum atomic E-state index is 5.60. The van der Waals surface area contributed by atoms with E-state index in [1.807, 2.05) is 24.3 Å². The van der Waals surface area contributed by atoms with Crippen LogP contribution in [0.5, 0.6) is 0 Å². The molecule has 0 spiro atoms. The molecule has 0 rings (SSSR count). The first-order valence-electron chi connectivity index (χ1n) is 7.14. The highest BCUT2D eigenvalue weighted by molar-refractivity contribution is 5.11. The number of allylic oxidation sites excluding steroid dienone is 5. The van der Waals surface area contributed by atoms with Gasteiger partial charge in [-0.2, -0.15) is 0 Å². The molecule has 0 aliphatic heterocycles. The van der Waals surface area contributed by atoms with Crippen LogP contribution in [0, 0.1) is 0 Å². The number of rotatable bonds is 11. The second-order valence-electron chi connectivity index (χ2n) is 4.11. The summed E-state index contributed by atoms with van der Waals surface area (Å²) < 4.78 is 11.2. The minimum absolute atomic E-state index is 0.637. The first-order chi connectivity index (χ1) is 8.85. The van der Waals surface area contributed by atoms with Crippen molar-refractivity contribution in [1.29, 1.82) is 0 Å². The molecule has 0 radical (unpaired) electrons. The molecular weight excluding hydrogens is 224 g/mol. The number of ether oxygens (including phenoxy) is 2. The molecule has 18 heavy (non-hydrogen) atoms. The predicted octanol–water partition coefficient (Wildman–Crippen LogP) is 4.98. The van der Waals surface area contributed by atoms with Gasteiger partial charge in [0.1, 0.15) is 0 Å². The van der Waals surface area contributed by atoms with Gasteiger partial charge in [-0.15, -0.1) is 0 Å². The SMILES string of the molecule is CCC=CC=CC=C(OCCCC)OCCCC. The van der Waals surface area contributed by atoms with E-state index in [9.17, 15) is 0 Å². The number of hydrogen-bond acceptors (Lipinski definition) is 2. The van der Waals surface area contributed by atoms with E-state index in [1.54, 1.807) is 0 Å². The lowest BCUT2D eigenvalue weighted by Gasteiger charge is -2.10. The molecule has 0 bridgehead atoms. The fourth-order valence-corrected chi connectivity index (χ4v) is 1.19. The molecule has 0 aliphatic carbocycles. The Kier molecular flexibility index (Phi) is 13.0. The molecule has 0 aromatic heterocycles. The Bertz CT molecular complexity index is 240. The molecule has 0 fully saturated rings. The zero-order valence-electron chi connectivity index (χ0n) is 12.2. The standard InChI is InChI=1S/C16H28O2/c1-4-7-10-11-12-13-16(17-14-8-5-2)18-15-9-6-3/h7,10-13H,4-6,8-9,14-15H2,1-3H3. The van der Waals surface area contributed by atoms with Gasteiger partial charge in [-0.3, -0.25) is 0 Å². The van der Waals surface area contributed by atoms with Crippen LogP contribution in [0.25, 0.3) is 0 Å². The molecule has 0 unspecified atom stereocenters. The van der Waals surface area contributed by atoms with Crippen molar-refractivity contribution in [1.82, 2.24) is 0 Å². The van der Waals surface area contributed by atoms with Crippen LogP contribution >= 0.6 is 0 Å². The monoisotopic (exact) mass is 252 g/mol. The van der Waals surface area contributed by atoms with E-state index in [-0.39, 0.29) is 0 Å². The number of hydrogen-bond donors (Lipinski definition) is 0. The maximum Gasteiger partial charge on any atom is 0.279 e. The van der Waals surface area contributed by atoms with Gasteiger partial charge in [-0.1, -0.05) is 57.9 Å². The van der Waals surface area contributed by atoms with Crippen molar-refractivity contribution in [2.24, 2.45) is 0 Å². The highest BCUT2D eigenvalue weighted by atomic mass is 16.7. The largest absolute Gasteiger partial charge is 0.465 e. The molecule has 0 aliphatic rings. The Labute approximate surface area is 112 Å². The van der Waals surface area contributed by atoms with Crippen molar-refractivity contribution in [3.8, 4) is 0 Å². The lowest BCUT2D eigenvalue weighted by molar-refractivity contribution is 0.0332. The maximum absolute atomic E-state index is 5.60. The van der Waals surface area contributed by atoms with Gasteiger partial charge in [0.15, 0.2) is 0 Å². The zero-order chi connectivity index (χ0) is 13.5. The summed E-state index contributed by atoms with van der Waals surface area (Å²) in [5, 5.41) is 0. The van der Waals surface area contributed by atoms with Crippen molar-refractivity contribution in [3.63, 3.8) is 0 Å². The molecule has 0 amide bonds. The molecule has 104 valence electrons. The van der Waals surface area contributed by atoms with Crippen molar-refractivity contribution in [2.75, 3.05) is 13.2 Å². The van der Waals surface area contributed by atoms with E-state index in [2.05, 4.69) is 26.8 Å². The van der Waals surface area contributed by atoms with E-state index in [0.717, 1.165) is 45.3 Å². The van der Waals surface area contributed by atoms with Gasteiger partial charge in [0.05, 0.1) is 13.2 Å². The van der Waals surface area contributed by atoms with Crippen LogP contribution in [0.3, 0.4) is 0 Å². The fourth-order valence-electron chi connectivity index (χ4n) is 1.19. The van der Waals surface area contributed by atoms with E-state index >= 15 is 0 Å². The summed E-state index contributed by atoms with van der Waals surface area (Å²) in [4.78, 5) is 0. The van der Waals surface area contributed by atoms with E-state index in [4.69, 9.17) is 9.47 Å². The molecule has 0 N–H and O–H groups in total. The average molecular weight is 252 g/mol. The predicted molar refractivity (Wildman–Crippen MR) is 78.4 cm³/mol. The molecule has 0 atom stereocenters. The minimum Gasteiger partial charge on any atom is -0.465 e. The first kappa shape index (κ1) is 16.8. The quantitative estimate of drug-likeness (QED) is 0.293. The summed E-state index contributed by atoms with van der Waals surface area (Å²) in [6.07, 6.45) is 15.4. The topological polar surface area (TPSA) is 18.5 Å². The molecular formula is C16H28O2. The highest BCUT2D eigenvalue weighted by Gasteiger charge is 1.97. The number of unbranched alkanes of at least 4 members (excludes halogenated alkanes) is 2. The second kappa shape index (κ2) is 13.9. The second-order valence-corrected chi connectivity index (χ2v) is 4.11. The van der Waals surface area contributed by atoms with E-state index < -0.39 is 0 Å². The normalized spacial score (nSPS) is 11.1. The molecule has 0 saturated carbocycles. The lowest BCUT2D eigenvalue weighted by Crippen LogP contribution is -2.01. The van der Waals surface area contributed by atoms with Crippen molar-refractivity contribution >= 4 is 0 Å². The Balaban J connectivity index is 4.11. The summed E-state index contributed by atoms with van der Waals surface area (Å²) >= 11 is 0. The van der Waals surface area contributed by atoms with Crippen LogP contribution in [-0.4, -0.2) is 13.2 Å². The van der Waals surface area contributed by atoms with Crippen LogP contribution in [0.1, 0.15) is 52.9 Å². The molecule has 2 nitrogen and oxygen atoms in total. The third kappa shape index (κ3) is 11.3. The lowest BCUT2D eigenvalue weighted by atomic mass is 10.3. The van der Waals surface area contributed by atoms with Crippen LogP contribution in [0.15, 0.2) is 36.3 Å². The van der Waals surface area contributed by atoms with Crippen LogP contribution < -0.4 is 0 Å². The van der Waals surface area contributed by atoms with Crippen molar-refractivity contribution in [3.05, 3.63) is 36.3 Å². The Morgan fingerprint density at radius 2 is 1.44 bits per heavy atom. The van der Waals surface area contributed by atoms with E-state index in [1.165, 1.54) is 0 Å².